The summed E-state index contributed by atoms with van der Waals surface area (Å²) < 4.78 is 5.11. The first-order chi connectivity index (χ1) is 11.0. The van der Waals surface area contributed by atoms with Gasteiger partial charge in [-0.2, -0.15) is 0 Å². The minimum atomic E-state index is -0.103. The molecule has 0 radical (unpaired) electrons. The fraction of sp³-hybridized carbons (Fsp3) is 0.250. The van der Waals surface area contributed by atoms with Crippen LogP contribution in [0.25, 0.3) is 6.08 Å². The standard InChI is InChI=1S/C20H23NO2/c1-14-5-11-19(15(2)13-14)16(3)21-20(22)12-8-17-6-9-18(23-4)10-7-17/h5-13,16H,1-4H3,(H,21,22)/b12-8+/t16-/m0/s1. The van der Waals surface area contributed by atoms with Crippen LogP contribution >= 0.6 is 0 Å². The number of carbonyl (C=O) groups is 1. The van der Waals surface area contributed by atoms with E-state index in [1.54, 1.807) is 19.3 Å². The molecule has 0 spiro atoms. The topological polar surface area (TPSA) is 38.3 Å². The fourth-order valence-electron chi connectivity index (χ4n) is 2.54. The number of hydrogen-bond donors (Lipinski definition) is 1. The summed E-state index contributed by atoms with van der Waals surface area (Å²) >= 11 is 0. The first-order valence-corrected chi connectivity index (χ1v) is 7.69. The van der Waals surface area contributed by atoms with Gasteiger partial charge in [0.1, 0.15) is 5.75 Å². The molecule has 0 aromatic heterocycles. The molecule has 2 aromatic carbocycles. The minimum Gasteiger partial charge on any atom is -0.497 e. The van der Waals surface area contributed by atoms with Crippen LogP contribution in [0.3, 0.4) is 0 Å². The predicted octanol–water partition coefficient (Wildman–Crippen LogP) is 4.20. The fourth-order valence-corrected chi connectivity index (χ4v) is 2.54. The van der Waals surface area contributed by atoms with Crippen LogP contribution in [0.2, 0.25) is 0 Å². The highest BCUT2D eigenvalue weighted by atomic mass is 16.5. The number of aryl methyl sites for hydroxylation is 2. The van der Waals surface area contributed by atoms with Gasteiger partial charge < -0.3 is 10.1 Å². The van der Waals surface area contributed by atoms with Crippen molar-refractivity contribution in [3.05, 3.63) is 70.8 Å². The first-order valence-electron chi connectivity index (χ1n) is 7.69. The Balaban J connectivity index is 1.99. The van der Waals surface area contributed by atoms with E-state index in [9.17, 15) is 4.79 Å². The molecule has 1 N–H and O–H groups in total. The van der Waals surface area contributed by atoms with Crippen LogP contribution in [0.5, 0.6) is 5.75 Å². The highest BCUT2D eigenvalue weighted by Crippen LogP contribution is 2.18. The maximum atomic E-state index is 12.1. The molecule has 3 nitrogen and oxygen atoms in total. The van der Waals surface area contributed by atoms with Crippen LogP contribution in [-0.2, 0) is 4.79 Å². The van der Waals surface area contributed by atoms with E-state index in [0.29, 0.717) is 0 Å². The second-order valence-corrected chi connectivity index (χ2v) is 5.70. The van der Waals surface area contributed by atoms with E-state index in [2.05, 4.69) is 37.4 Å². The molecule has 2 aromatic rings. The van der Waals surface area contributed by atoms with E-state index in [0.717, 1.165) is 16.9 Å². The third-order valence-electron chi connectivity index (χ3n) is 3.79. The molecule has 0 aliphatic heterocycles. The Labute approximate surface area is 138 Å². The Bertz CT molecular complexity index is 702. The molecule has 0 heterocycles. The molecule has 0 aliphatic carbocycles. The SMILES string of the molecule is COc1ccc(/C=C/C(=O)N[C@@H](C)c2ccc(C)cc2C)cc1. The van der Waals surface area contributed by atoms with E-state index in [-0.39, 0.29) is 11.9 Å². The molecule has 0 aliphatic rings. The monoisotopic (exact) mass is 309 g/mol. The van der Waals surface area contributed by atoms with Crippen molar-refractivity contribution in [2.75, 3.05) is 7.11 Å². The lowest BCUT2D eigenvalue weighted by molar-refractivity contribution is -0.117. The van der Waals surface area contributed by atoms with Gasteiger partial charge in [-0.05, 0) is 55.7 Å². The smallest absolute Gasteiger partial charge is 0.244 e. The Morgan fingerprint density at radius 1 is 1.13 bits per heavy atom. The van der Waals surface area contributed by atoms with Gasteiger partial charge in [0.2, 0.25) is 5.91 Å². The summed E-state index contributed by atoms with van der Waals surface area (Å²) in [7, 11) is 1.63. The zero-order valence-electron chi connectivity index (χ0n) is 14.1. The number of carbonyl (C=O) groups excluding carboxylic acids is 1. The molecule has 0 saturated carbocycles. The average molecular weight is 309 g/mol. The van der Waals surface area contributed by atoms with E-state index in [4.69, 9.17) is 4.74 Å². The molecule has 0 unspecified atom stereocenters. The van der Waals surface area contributed by atoms with Crippen molar-refractivity contribution in [1.82, 2.24) is 5.32 Å². The van der Waals surface area contributed by atoms with Gasteiger partial charge in [-0.1, -0.05) is 35.9 Å². The molecule has 23 heavy (non-hydrogen) atoms. The number of amides is 1. The van der Waals surface area contributed by atoms with Gasteiger partial charge in [-0.3, -0.25) is 4.79 Å². The van der Waals surface area contributed by atoms with E-state index < -0.39 is 0 Å². The normalized spacial score (nSPS) is 12.2. The van der Waals surface area contributed by atoms with Crippen molar-refractivity contribution in [1.29, 1.82) is 0 Å². The Hall–Kier alpha value is -2.55. The minimum absolute atomic E-state index is 0.0244. The zero-order chi connectivity index (χ0) is 16.8. The highest BCUT2D eigenvalue weighted by molar-refractivity contribution is 5.92. The van der Waals surface area contributed by atoms with Crippen LogP contribution in [0.15, 0.2) is 48.5 Å². The van der Waals surface area contributed by atoms with E-state index in [1.807, 2.05) is 31.2 Å². The van der Waals surface area contributed by atoms with E-state index in [1.165, 1.54) is 11.1 Å². The van der Waals surface area contributed by atoms with Gasteiger partial charge >= 0.3 is 0 Å². The number of rotatable bonds is 5. The van der Waals surface area contributed by atoms with Crippen LogP contribution in [-0.4, -0.2) is 13.0 Å². The number of nitrogens with one attached hydrogen (secondary N) is 1. The van der Waals surface area contributed by atoms with Gasteiger partial charge in [0.15, 0.2) is 0 Å². The molecule has 1 atom stereocenters. The third-order valence-corrected chi connectivity index (χ3v) is 3.79. The van der Waals surface area contributed by atoms with Gasteiger partial charge in [0.05, 0.1) is 13.2 Å². The first kappa shape index (κ1) is 16.8. The van der Waals surface area contributed by atoms with Gasteiger partial charge in [-0.15, -0.1) is 0 Å². The lowest BCUT2D eigenvalue weighted by Crippen LogP contribution is -2.25. The van der Waals surface area contributed by atoms with Crippen LogP contribution in [0.4, 0.5) is 0 Å². The summed E-state index contributed by atoms with van der Waals surface area (Å²) in [5, 5.41) is 3.00. The van der Waals surface area contributed by atoms with Gasteiger partial charge in [0, 0.05) is 6.08 Å². The van der Waals surface area contributed by atoms with E-state index >= 15 is 0 Å². The summed E-state index contributed by atoms with van der Waals surface area (Å²) in [5.74, 6) is 0.698. The Morgan fingerprint density at radius 2 is 1.83 bits per heavy atom. The van der Waals surface area contributed by atoms with Crippen molar-refractivity contribution < 1.29 is 9.53 Å². The maximum absolute atomic E-state index is 12.1. The maximum Gasteiger partial charge on any atom is 0.244 e. The molecule has 2 rings (SSSR count). The lowest BCUT2D eigenvalue weighted by Gasteiger charge is -2.16. The van der Waals surface area contributed by atoms with Crippen molar-refractivity contribution in [3.63, 3.8) is 0 Å². The van der Waals surface area contributed by atoms with Crippen LogP contribution < -0.4 is 10.1 Å². The molecule has 0 saturated heterocycles. The van der Waals surface area contributed by atoms with Crippen molar-refractivity contribution in [2.24, 2.45) is 0 Å². The number of hydrogen-bond acceptors (Lipinski definition) is 2. The quantitative estimate of drug-likeness (QED) is 0.841. The number of benzene rings is 2. The lowest BCUT2D eigenvalue weighted by atomic mass is 10.0. The zero-order valence-corrected chi connectivity index (χ0v) is 14.1. The Kier molecular flexibility index (Phi) is 5.58. The molecule has 0 bridgehead atoms. The van der Waals surface area contributed by atoms with Crippen LogP contribution in [0.1, 0.15) is 35.2 Å². The number of methoxy groups -OCH3 is 1. The molecular weight excluding hydrogens is 286 g/mol. The van der Waals surface area contributed by atoms with Gasteiger partial charge in [-0.25, -0.2) is 0 Å². The van der Waals surface area contributed by atoms with Gasteiger partial charge in [0.25, 0.3) is 0 Å². The summed E-state index contributed by atoms with van der Waals surface area (Å²) in [6, 6.07) is 13.8. The summed E-state index contributed by atoms with van der Waals surface area (Å²) in [4.78, 5) is 12.1. The summed E-state index contributed by atoms with van der Waals surface area (Å²) in [6.45, 7) is 6.13. The number of ether oxygens (including phenoxy) is 1. The van der Waals surface area contributed by atoms with Crippen molar-refractivity contribution >= 4 is 12.0 Å². The summed E-state index contributed by atoms with van der Waals surface area (Å²) in [6.07, 6.45) is 3.35. The highest BCUT2D eigenvalue weighted by Gasteiger charge is 2.10. The summed E-state index contributed by atoms with van der Waals surface area (Å²) in [5.41, 5.74) is 4.52. The molecular formula is C20H23NO2. The van der Waals surface area contributed by atoms with Crippen molar-refractivity contribution in [2.45, 2.75) is 26.8 Å². The van der Waals surface area contributed by atoms with Crippen molar-refractivity contribution in [3.8, 4) is 5.75 Å². The molecule has 120 valence electrons. The predicted molar refractivity (Wildman–Crippen MR) is 94.5 cm³/mol. The molecule has 1 amide bonds. The second-order valence-electron chi connectivity index (χ2n) is 5.70. The van der Waals surface area contributed by atoms with Crippen LogP contribution in [0, 0.1) is 13.8 Å². The largest absolute Gasteiger partial charge is 0.497 e. The molecule has 3 heteroatoms. The second kappa shape index (κ2) is 7.63. The third kappa shape index (κ3) is 4.71. The average Bonchev–Trinajstić information content (AvgIpc) is 2.53. The molecule has 0 fully saturated rings. The Morgan fingerprint density at radius 3 is 2.43 bits per heavy atom.